The van der Waals surface area contributed by atoms with E-state index in [0.717, 1.165) is 0 Å². The van der Waals surface area contributed by atoms with E-state index in [1.165, 1.54) is 14.2 Å². The lowest BCUT2D eigenvalue weighted by molar-refractivity contribution is -0.115. The Kier molecular flexibility index (Phi) is 5.65. The molecule has 2 N–H and O–H groups in total. The first-order chi connectivity index (χ1) is 15.3. The Labute approximate surface area is 181 Å². The number of hydrogen-bond acceptors (Lipinski definition) is 5. The molecule has 2 aromatic carbocycles. The number of fused-ring (bicyclic) bond motifs is 2. The molecule has 0 fully saturated rings. The predicted molar refractivity (Wildman–Crippen MR) is 117 cm³/mol. The van der Waals surface area contributed by atoms with Crippen LogP contribution in [-0.2, 0) is 6.42 Å². The first-order valence-corrected chi connectivity index (χ1v) is 9.75. The third-order valence-electron chi connectivity index (χ3n) is 5.13. The van der Waals surface area contributed by atoms with Gasteiger partial charge in [0, 0.05) is 22.8 Å². The number of nitrogens with zero attached hydrogens (tertiary/aromatic N) is 1. The summed E-state index contributed by atoms with van der Waals surface area (Å²) >= 11 is 0. The second-order valence-corrected chi connectivity index (χ2v) is 7.21. The molecule has 0 aliphatic carbocycles. The van der Waals surface area contributed by atoms with E-state index in [9.17, 15) is 18.0 Å². The van der Waals surface area contributed by atoms with Gasteiger partial charge in [0.1, 0.15) is 18.1 Å². The number of alkyl halides is 3. The normalized spacial score (nSPS) is 11.7. The number of H-pyrrole nitrogens is 1. The SMILES string of the molecule is COc1ccc2nc(NCC(F)(F)F)c(Cc3c(=O)[nH]c(OC)c4ccccc34)cc2c1. The zero-order valence-electron chi connectivity index (χ0n) is 17.3. The number of nitrogens with one attached hydrogen (secondary N) is 2. The second-order valence-electron chi connectivity index (χ2n) is 7.21. The van der Waals surface area contributed by atoms with Crippen molar-refractivity contribution in [3.8, 4) is 11.6 Å². The van der Waals surface area contributed by atoms with Crippen LogP contribution in [0.25, 0.3) is 21.7 Å². The van der Waals surface area contributed by atoms with Crippen LogP contribution in [0.3, 0.4) is 0 Å². The van der Waals surface area contributed by atoms with Crippen molar-refractivity contribution in [2.75, 3.05) is 26.1 Å². The number of pyridine rings is 2. The monoisotopic (exact) mass is 443 g/mol. The van der Waals surface area contributed by atoms with Gasteiger partial charge in [-0.1, -0.05) is 18.2 Å². The van der Waals surface area contributed by atoms with E-state index in [-0.39, 0.29) is 17.8 Å². The maximum atomic E-state index is 12.9. The fraction of sp³-hybridized carbons (Fsp3) is 0.217. The minimum absolute atomic E-state index is 0.0688. The number of anilines is 1. The molecule has 166 valence electrons. The maximum absolute atomic E-state index is 12.9. The Morgan fingerprint density at radius 2 is 1.78 bits per heavy atom. The molecule has 0 unspecified atom stereocenters. The van der Waals surface area contributed by atoms with E-state index in [0.29, 0.717) is 44.4 Å². The summed E-state index contributed by atoms with van der Waals surface area (Å²) in [6, 6.07) is 14.0. The molecule has 2 heterocycles. The van der Waals surface area contributed by atoms with Gasteiger partial charge in [-0.05, 0) is 41.3 Å². The summed E-state index contributed by atoms with van der Waals surface area (Å²) in [5, 5.41) is 4.42. The highest BCUT2D eigenvalue weighted by molar-refractivity contribution is 5.90. The number of ether oxygens (including phenoxy) is 2. The van der Waals surface area contributed by atoms with Crippen LogP contribution in [0.5, 0.6) is 11.6 Å². The Hall–Kier alpha value is -3.75. The molecule has 0 atom stereocenters. The largest absolute Gasteiger partial charge is 0.497 e. The summed E-state index contributed by atoms with van der Waals surface area (Å²) in [4.78, 5) is 19.9. The number of halogens is 3. The van der Waals surface area contributed by atoms with Crippen molar-refractivity contribution in [2.45, 2.75) is 12.6 Å². The quantitative estimate of drug-likeness (QED) is 0.453. The van der Waals surface area contributed by atoms with Crippen molar-refractivity contribution in [2.24, 2.45) is 0 Å². The highest BCUT2D eigenvalue weighted by Crippen LogP contribution is 2.30. The fourth-order valence-electron chi connectivity index (χ4n) is 3.64. The van der Waals surface area contributed by atoms with Crippen LogP contribution in [0, 0.1) is 0 Å². The Bertz CT molecular complexity index is 1350. The van der Waals surface area contributed by atoms with Crippen molar-refractivity contribution < 1.29 is 22.6 Å². The lowest BCUT2D eigenvalue weighted by atomic mass is 9.99. The van der Waals surface area contributed by atoms with Crippen molar-refractivity contribution in [1.82, 2.24) is 9.97 Å². The summed E-state index contributed by atoms with van der Waals surface area (Å²) in [6.07, 6.45) is -4.35. The minimum atomic E-state index is -4.42. The molecule has 0 amide bonds. The number of methoxy groups -OCH3 is 2. The maximum Gasteiger partial charge on any atom is 0.405 e. The third kappa shape index (κ3) is 4.32. The van der Waals surface area contributed by atoms with E-state index >= 15 is 0 Å². The lowest BCUT2D eigenvalue weighted by Gasteiger charge is -2.16. The van der Waals surface area contributed by atoms with E-state index in [1.54, 1.807) is 42.5 Å². The summed E-state index contributed by atoms with van der Waals surface area (Å²) < 4.78 is 49.2. The summed E-state index contributed by atoms with van der Waals surface area (Å²) in [7, 11) is 2.98. The molecule has 32 heavy (non-hydrogen) atoms. The number of hydrogen-bond donors (Lipinski definition) is 2. The lowest BCUT2D eigenvalue weighted by Crippen LogP contribution is -2.23. The van der Waals surface area contributed by atoms with Crippen LogP contribution >= 0.6 is 0 Å². The summed E-state index contributed by atoms with van der Waals surface area (Å²) in [6.45, 7) is -1.24. The average molecular weight is 443 g/mol. The molecule has 2 aromatic heterocycles. The molecule has 6 nitrogen and oxygen atoms in total. The third-order valence-corrected chi connectivity index (χ3v) is 5.13. The molecule has 0 spiro atoms. The van der Waals surface area contributed by atoms with Gasteiger partial charge in [0.2, 0.25) is 5.88 Å². The molecule has 0 saturated carbocycles. The molecule has 0 radical (unpaired) electrons. The zero-order valence-corrected chi connectivity index (χ0v) is 17.3. The summed E-state index contributed by atoms with van der Waals surface area (Å²) in [5.74, 6) is 0.986. The van der Waals surface area contributed by atoms with Crippen LogP contribution in [0.4, 0.5) is 19.0 Å². The molecular formula is C23H20F3N3O3. The van der Waals surface area contributed by atoms with Crippen molar-refractivity contribution in [3.05, 3.63) is 70.0 Å². The predicted octanol–water partition coefficient (Wildman–Crippen LogP) is 4.66. The summed E-state index contributed by atoms with van der Waals surface area (Å²) in [5.41, 5.74) is 0.983. The molecule has 4 rings (SSSR count). The number of aromatic nitrogens is 2. The van der Waals surface area contributed by atoms with Gasteiger partial charge >= 0.3 is 6.18 Å². The number of benzene rings is 2. The van der Waals surface area contributed by atoms with Gasteiger partial charge in [-0.2, -0.15) is 13.2 Å². The van der Waals surface area contributed by atoms with Gasteiger partial charge < -0.3 is 14.8 Å². The molecule has 0 bridgehead atoms. The Balaban J connectivity index is 1.87. The van der Waals surface area contributed by atoms with Gasteiger partial charge in [-0.15, -0.1) is 0 Å². The fourth-order valence-corrected chi connectivity index (χ4v) is 3.64. The first-order valence-electron chi connectivity index (χ1n) is 9.75. The van der Waals surface area contributed by atoms with Crippen LogP contribution in [0.15, 0.2) is 53.3 Å². The standard InChI is InChI=1S/C23H20F3N3O3/c1-31-15-7-8-19-13(10-15)9-14(20(28-19)27-12-23(24,25)26)11-18-16-5-3-4-6-17(16)22(32-2)29-21(18)30/h3-10H,11-12H2,1-2H3,(H,27,28)(H,29,30). The number of rotatable bonds is 6. The van der Waals surface area contributed by atoms with Crippen molar-refractivity contribution in [1.29, 1.82) is 0 Å². The van der Waals surface area contributed by atoms with Gasteiger partial charge in [0.25, 0.3) is 5.56 Å². The highest BCUT2D eigenvalue weighted by atomic mass is 19.4. The van der Waals surface area contributed by atoms with Gasteiger partial charge in [-0.25, -0.2) is 4.98 Å². The highest BCUT2D eigenvalue weighted by Gasteiger charge is 2.27. The smallest absolute Gasteiger partial charge is 0.405 e. The van der Waals surface area contributed by atoms with Crippen LogP contribution in [0.1, 0.15) is 11.1 Å². The molecular weight excluding hydrogens is 423 g/mol. The molecule has 4 aromatic rings. The van der Waals surface area contributed by atoms with E-state index in [4.69, 9.17) is 9.47 Å². The van der Waals surface area contributed by atoms with E-state index < -0.39 is 12.7 Å². The Morgan fingerprint density at radius 3 is 2.47 bits per heavy atom. The average Bonchev–Trinajstić information content (AvgIpc) is 2.78. The van der Waals surface area contributed by atoms with Gasteiger partial charge in [-0.3, -0.25) is 9.78 Å². The molecule has 0 saturated heterocycles. The van der Waals surface area contributed by atoms with Crippen molar-refractivity contribution in [3.63, 3.8) is 0 Å². The van der Waals surface area contributed by atoms with Gasteiger partial charge in [0.15, 0.2) is 0 Å². The first kappa shape index (κ1) is 21.5. The molecule has 9 heteroatoms. The van der Waals surface area contributed by atoms with E-state index in [1.807, 2.05) is 6.07 Å². The van der Waals surface area contributed by atoms with Crippen LogP contribution < -0.4 is 20.3 Å². The van der Waals surface area contributed by atoms with Gasteiger partial charge in [0.05, 0.1) is 19.7 Å². The van der Waals surface area contributed by atoms with Crippen LogP contribution in [0.2, 0.25) is 0 Å². The van der Waals surface area contributed by atoms with E-state index in [2.05, 4.69) is 15.3 Å². The number of aromatic amines is 1. The Morgan fingerprint density at radius 1 is 1.03 bits per heavy atom. The molecule has 0 aliphatic rings. The topological polar surface area (TPSA) is 76.2 Å². The van der Waals surface area contributed by atoms with Crippen LogP contribution in [-0.4, -0.2) is 36.9 Å². The minimum Gasteiger partial charge on any atom is -0.497 e. The zero-order chi connectivity index (χ0) is 22.9. The second kappa shape index (κ2) is 8.41. The molecule has 0 aliphatic heterocycles. The van der Waals surface area contributed by atoms with Crippen molar-refractivity contribution >= 4 is 27.5 Å².